The lowest BCUT2D eigenvalue weighted by molar-refractivity contribution is 0.199. The molecule has 1 saturated heterocycles. The molecule has 1 N–H and O–H groups in total. The number of aliphatic hydroxyl groups is 1. The summed E-state index contributed by atoms with van der Waals surface area (Å²) in [5.74, 6) is 0. The second-order valence-electron chi connectivity index (χ2n) is 5.36. The Morgan fingerprint density at radius 2 is 1.82 bits per heavy atom. The van der Waals surface area contributed by atoms with Gasteiger partial charge in [-0.3, -0.25) is 0 Å². The predicted molar refractivity (Wildman–Crippen MR) is 91.6 cm³/mol. The Bertz CT molecular complexity index is 618. The lowest BCUT2D eigenvalue weighted by Gasteiger charge is -2.35. The van der Waals surface area contributed by atoms with Crippen molar-refractivity contribution in [2.75, 3.05) is 31.1 Å². The number of aliphatic hydroxyl groups excluding tert-OH is 1. The zero-order valence-electron chi connectivity index (χ0n) is 12.5. The molecule has 0 saturated carbocycles. The van der Waals surface area contributed by atoms with E-state index in [0.29, 0.717) is 0 Å². The number of anilines is 1. The molecule has 2 atom stereocenters. The third kappa shape index (κ3) is 3.41. The average Bonchev–Trinajstić information content (AvgIpc) is 3.09. The number of piperazine rings is 1. The van der Waals surface area contributed by atoms with E-state index >= 15 is 0 Å². The summed E-state index contributed by atoms with van der Waals surface area (Å²) >= 11 is 1.55. The SMILES string of the molecule is CC(O)c1ccc(N2CCN(S(=O)c3cccs3)CC2)cc1. The Hall–Kier alpha value is -1.21. The van der Waals surface area contributed by atoms with Crippen LogP contribution in [0.1, 0.15) is 18.6 Å². The van der Waals surface area contributed by atoms with Crippen molar-refractivity contribution >= 4 is 28.0 Å². The Morgan fingerprint density at radius 1 is 1.14 bits per heavy atom. The lowest BCUT2D eigenvalue weighted by Crippen LogP contribution is -2.46. The largest absolute Gasteiger partial charge is 0.389 e. The zero-order valence-corrected chi connectivity index (χ0v) is 14.1. The fourth-order valence-electron chi connectivity index (χ4n) is 2.57. The van der Waals surface area contributed by atoms with Crippen LogP contribution >= 0.6 is 11.3 Å². The minimum atomic E-state index is -1.03. The quantitative estimate of drug-likeness (QED) is 0.933. The number of benzene rings is 1. The molecule has 4 nitrogen and oxygen atoms in total. The van der Waals surface area contributed by atoms with Crippen molar-refractivity contribution in [1.82, 2.24) is 4.31 Å². The third-order valence-electron chi connectivity index (χ3n) is 3.88. The average molecular weight is 336 g/mol. The summed E-state index contributed by atoms with van der Waals surface area (Å²) < 4.78 is 15.4. The van der Waals surface area contributed by atoms with E-state index in [1.54, 1.807) is 18.3 Å². The van der Waals surface area contributed by atoms with Gasteiger partial charge >= 0.3 is 0 Å². The van der Waals surface area contributed by atoms with Crippen molar-refractivity contribution in [2.45, 2.75) is 17.2 Å². The molecular formula is C16H20N2O2S2. The summed E-state index contributed by atoms with van der Waals surface area (Å²) in [4.78, 5) is 2.30. The van der Waals surface area contributed by atoms with Crippen molar-refractivity contribution in [1.29, 1.82) is 0 Å². The predicted octanol–water partition coefficient (Wildman–Crippen LogP) is 2.65. The van der Waals surface area contributed by atoms with Crippen molar-refractivity contribution < 1.29 is 9.32 Å². The van der Waals surface area contributed by atoms with Crippen molar-refractivity contribution in [3.8, 4) is 0 Å². The second kappa shape index (κ2) is 6.91. The van der Waals surface area contributed by atoms with Crippen LogP contribution in [0.2, 0.25) is 0 Å². The summed E-state index contributed by atoms with van der Waals surface area (Å²) in [5.41, 5.74) is 2.09. The van der Waals surface area contributed by atoms with Gasteiger partial charge in [0, 0.05) is 31.9 Å². The Balaban J connectivity index is 1.60. The zero-order chi connectivity index (χ0) is 15.5. The van der Waals surface area contributed by atoms with E-state index in [2.05, 4.69) is 4.90 Å². The van der Waals surface area contributed by atoms with Crippen LogP contribution in [0.4, 0.5) is 5.69 Å². The number of rotatable bonds is 4. The third-order valence-corrected chi connectivity index (χ3v) is 6.57. The number of thiophene rings is 1. The molecular weight excluding hydrogens is 316 g/mol. The Kier molecular flexibility index (Phi) is 4.93. The van der Waals surface area contributed by atoms with Gasteiger partial charge in [0.15, 0.2) is 0 Å². The highest BCUT2D eigenvalue weighted by Crippen LogP contribution is 2.22. The van der Waals surface area contributed by atoms with Crippen LogP contribution in [0.25, 0.3) is 0 Å². The highest BCUT2D eigenvalue weighted by molar-refractivity contribution is 7.85. The van der Waals surface area contributed by atoms with Gasteiger partial charge in [0.05, 0.1) is 6.10 Å². The van der Waals surface area contributed by atoms with Gasteiger partial charge in [0.25, 0.3) is 0 Å². The first-order valence-corrected chi connectivity index (χ1v) is 9.37. The molecule has 118 valence electrons. The first-order chi connectivity index (χ1) is 10.6. The molecule has 6 heteroatoms. The normalized spacial score (nSPS) is 19.1. The summed E-state index contributed by atoms with van der Waals surface area (Å²) in [6.07, 6.45) is -0.431. The maximum Gasteiger partial charge on any atom is 0.138 e. The van der Waals surface area contributed by atoms with E-state index < -0.39 is 17.1 Å². The van der Waals surface area contributed by atoms with Crippen molar-refractivity contribution in [2.24, 2.45) is 0 Å². The van der Waals surface area contributed by atoms with E-state index in [1.807, 2.05) is 46.1 Å². The van der Waals surface area contributed by atoms with E-state index in [1.165, 1.54) is 0 Å². The molecule has 1 fully saturated rings. The number of hydrogen-bond acceptors (Lipinski definition) is 4. The molecule has 1 aromatic heterocycles. The highest BCUT2D eigenvalue weighted by atomic mass is 32.2. The van der Waals surface area contributed by atoms with Gasteiger partial charge in [-0.05, 0) is 36.1 Å². The van der Waals surface area contributed by atoms with Gasteiger partial charge in [-0.1, -0.05) is 18.2 Å². The summed E-state index contributed by atoms with van der Waals surface area (Å²) in [6, 6.07) is 11.9. The smallest absolute Gasteiger partial charge is 0.138 e. The van der Waals surface area contributed by atoms with Gasteiger partial charge in [-0.25, -0.2) is 8.51 Å². The van der Waals surface area contributed by atoms with Crippen molar-refractivity contribution in [3.63, 3.8) is 0 Å². The summed E-state index contributed by atoms with van der Waals surface area (Å²) in [6.45, 7) is 5.09. The molecule has 0 aliphatic carbocycles. The van der Waals surface area contributed by atoms with Crippen LogP contribution in [0.15, 0.2) is 46.0 Å². The maximum atomic E-state index is 12.4. The molecule has 3 rings (SSSR count). The molecule has 2 aromatic rings. The van der Waals surface area contributed by atoms with Gasteiger partial charge in [0.1, 0.15) is 15.2 Å². The minimum Gasteiger partial charge on any atom is -0.389 e. The molecule has 22 heavy (non-hydrogen) atoms. The maximum absolute atomic E-state index is 12.4. The van der Waals surface area contributed by atoms with Crippen molar-refractivity contribution in [3.05, 3.63) is 47.3 Å². The van der Waals surface area contributed by atoms with Gasteiger partial charge in [0.2, 0.25) is 0 Å². The van der Waals surface area contributed by atoms with Crippen LogP contribution in [-0.2, 0) is 11.0 Å². The van der Waals surface area contributed by atoms with Crippen LogP contribution < -0.4 is 4.90 Å². The van der Waals surface area contributed by atoms with Crippen LogP contribution in [0.5, 0.6) is 0 Å². The minimum absolute atomic E-state index is 0.431. The molecule has 0 amide bonds. The van der Waals surface area contributed by atoms with Gasteiger partial charge < -0.3 is 10.0 Å². The molecule has 1 aromatic carbocycles. The molecule has 2 unspecified atom stereocenters. The second-order valence-corrected chi connectivity index (χ2v) is 8.03. The van der Waals surface area contributed by atoms with E-state index in [-0.39, 0.29) is 0 Å². The van der Waals surface area contributed by atoms with Crippen LogP contribution in [-0.4, -0.2) is 39.8 Å². The van der Waals surface area contributed by atoms with E-state index in [0.717, 1.165) is 41.6 Å². The lowest BCUT2D eigenvalue weighted by atomic mass is 10.1. The monoisotopic (exact) mass is 336 g/mol. The Labute approximate surface area is 137 Å². The standard InChI is InChI=1S/C16H20N2O2S2/c1-13(19)14-4-6-15(7-5-14)17-8-10-18(11-9-17)22(20)16-3-2-12-21-16/h2-7,12-13,19H,8-11H2,1H3. The number of hydrogen-bond donors (Lipinski definition) is 1. The topological polar surface area (TPSA) is 43.8 Å². The fraction of sp³-hybridized carbons (Fsp3) is 0.375. The molecule has 1 aliphatic rings. The highest BCUT2D eigenvalue weighted by Gasteiger charge is 2.22. The number of nitrogens with zero attached hydrogens (tertiary/aromatic N) is 2. The molecule has 0 bridgehead atoms. The molecule has 2 heterocycles. The van der Waals surface area contributed by atoms with Gasteiger partial charge in [-0.15, -0.1) is 11.3 Å². The first kappa shape index (κ1) is 15.7. The first-order valence-electron chi connectivity index (χ1n) is 7.38. The van der Waals surface area contributed by atoms with Gasteiger partial charge in [-0.2, -0.15) is 0 Å². The van der Waals surface area contributed by atoms with E-state index in [9.17, 15) is 9.32 Å². The Morgan fingerprint density at radius 3 is 2.36 bits per heavy atom. The fourth-order valence-corrected chi connectivity index (χ4v) is 4.77. The molecule has 0 radical (unpaired) electrons. The molecule has 1 aliphatic heterocycles. The summed E-state index contributed by atoms with van der Waals surface area (Å²) in [7, 11) is -1.03. The molecule has 0 spiro atoms. The van der Waals surface area contributed by atoms with Crippen LogP contribution in [0, 0.1) is 0 Å². The van der Waals surface area contributed by atoms with Crippen LogP contribution in [0.3, 0.4) is 0 Å². The summed E-state index contributed by atoms with van der Waals surface area (Å²) in [5, 5.41) is 11.5. The van der Waals surface area contributed by atoms with E-state index in [4.69, 9.17) is 0 Å².